The molecule has 2 aromatic heterocycles. The van der Waals surface area contributed by atoms with Crippen LogP contribution in [-0.2, 0) is 4.79 Å². The first-order valence-electron chi connectivity index (χ1n) is 7.20. The van der Waals surface area contributed by atoms with Crippen molar-refractivity contribution in [3.8, 4) is 0 Å². The molecule has 0 radical (unpaired) electrons. The predicted molar refractivity (Wildman–Crippen MR) is 89.9 cm³/mol. The molecule has 0 unspecified atom stereocenters. The molecule has 0 aromatic carbocycles. The lowest BCUT2D eigenvalue weighted by Crippen LogP contribution is -2.31. The molecule has 22 heavy (non-hydrogen) atoms. The standard InChI is InChI=1S/C15H18N4OS2/c1-10-8-13(16)18-15(17-10)22-9-14(20)19-6-2-4-11(19)12-5-3-7-21-12/h3,5,7-8,11H,2,4,6,9H2,1H3,(H2,16,17,18)/t11-/m1/s1. The molecule has 0 bridgehead atoms. The molecule has 116 valence electrons. The number of rotatable bonds is 4. The highest BCUT2D eigenvalue weighted by Gasteiger charge is 2.30. The van der Waals surface area contributed by atoms with Gasteiger partial charge in [-0.3, -0.25) is 4.79 Å². The summed E-state index contributed by atoms with van der Waals surface area (Å²) in [5.41, 5.74) is 6.54. The van der Waals surface area contributed by atoms with Crippen LogP contribution < -0.4 is 5.73 Å². The molecule has 1 aliphatic rings. The van der Waals surface area contributed by atoms with E-state index < -0.39 is 0 Å². The van der Waals surface area contributed by atoms with E-state index in [0.717, 1.165) is 25.1 Å². The lowest BCUT2D eigenvalue weighted by molar-refractivity contribution is -0.129. The predicted octanol–water partition coefficient (Wildman–Crippen LogP) is 2.88. The number of thioether (sulfide) groups is 1. The number of aromatic nitrogens is 2. The Labute approximate surface area is 138 Å². The van der Waals surface area contributed by atoms with Gasteiger partial charge in [0.25, 0.3) is 0 Å². The van der Waals surface area contributed by atoms with Crippen LogP contribution in [-0.4, -0.2) is 33.1 Å². The van der Waals surface area contributed by atoms with Gasteiger partial charge in [0.15, 0.2) is 5.16 Å². The van der Waals surface area contributed by atoms with Crippen molar-refractivity contribution in [3.05, 3.63) is 34.2 Å². The fourth-order valence-corrected chi connectivity index (χ4v) is 4.35. The van der Waals surface area contributed by atoms with E-state index in [2.05, 4.69) is 21.4 Å². The molecule has 1 fully saturated rings. The Morgan fingerprint density at radius 1 is 1.55 bits per heavy atom. The summed E-state index contributed by atoms with van der Waals surface area (Å²) in [6.45, 7) is 2.70. The van der Waals surface area contributed by atoms with Gasteiger partial charge in [-0.1, -0.05) is 17.8 Å². The van der Waals surface area contributed by atoms with Crippen LogP contribution in [0, 0.1) is 6.92 Å². The average molecular weight is 334 g/mol. The van der Waals surface area contributed by atoms with Gasteiger partial charge in [-0.2, -0.15) is 0 Å². The fourth-order valence-electron chi connectivity index (χ4n) is 2.68. The number of nitrogen functional groups attached to an aromatic ring is 1. The molecule has 0 spiro atoms. The van der Waals surface area contributed by atoms with E-state index in [4.69, 9.17) is 5.73 Å². The second-order valence-electron chi connectivity index (χ2n) is 5.27. The van der Waals surface area contributed by atoms with Gasteiger partial charge in [0.1, 0.15) is 5.82 Å². The van der Waals surface area contributed by atoms with E-state index in [1.165, 1.54) is 16.6 Å². The number of hydrogen-bond acceptors (Lipinski definition) is 6. The summed E-state index contributed by atoms with van der Waals surface area (Å²) >= 11 is 3.07. The molecule has 0 saturated carbocycles. The van der Waals surface area contributed by atoms with Gasteiger partial charge in [-0.15, -0.1) is 11.3 Å². The summed E-state index contributed by atoms with van der Waals surface area (Å²) < 4.78 is 0. The smallest absolute Gasteiger partial charge is 0.233 e. The number of amides is 1. The Hall–Kier alpha value is -1.60. The molecule has 1 atom stereocenters. The number of thiophene rings is 1. The summed E-state index contributed by atoms with van der Waals surface area (Å²) in [4.78, 5) is 24.2. The minimum absolute atomic E-state index is 0.143. The summed E-state index contributed by atoms with van der Waals surface area (Å²) in [5, 5.41) is 2.63. The quantitative estimate of drug-likeness (QED) is 0.687. The highest BCUT2D eigenvalue weighted by molar-refractivity contribution is 7.99. The second kappa shape index (κ2) is 6.66. The molecule has 1 amide bonds. The van der Waals surface area contributed by atoms with Crippen LogP contribution in [0.3, 0.4) is 0 Å². The van der Waals surface area contributed by atoms with Crippen LogP contribution in [0.2, 0.25) is 0 Å². The molecule has 1 aliphatic heterocycles. The van der Waals surface area contributed by atoms with Crippen LogP contribution in [0.15, 0.2) is 28.7 Å². The number of carbonyl (C=O) groups is 1. The Morgan fingerprint density at radius 2 is 2.41 bits per heavy atom. The zero-order valence-corrected chi connectivity index (χ0v) is 14.0. The number of likely N-dealkylation sites (tertiary alicyclic amines) is 1. The van der Waals surface area contributed by atoms with E-state index in [9.17, 15) is 4.79 Å². The highest BCUT2D eigenvalue weighted by Crippen LogP contribution is 2.35. The molecule has 2 N–H and O–H groups in total. The Morgan fingerprint density at radius 3 is 3.14 bits per heavy atom. The molecular weight excluding hydrogens is 316 g/mol. The third-order valence-corrected chi connectivity index (χ3v) is 5.43. The number of nitrogens with zero attached hydrogens (tertiary/aromatic N) is 3. The van der Waals surface area contributed by atoms with Crippen LogP contribution in [0.25, 0.3) is 0 Å². The van der Waals surface area contributed by atoms with E-state index >= 15 is 0 Å². The number of nitrogens with two attached hydrogens (primary N) is 1. The molecule has 3 heterocycles. The van der Waals surface area contributed by atoms with Crippen molar-refractivity contribution in [2.24, 2.45) is 0 Å². The van der Waals surface area contributed by atoms with E-state index in [1.807, 2.05) is 17.9 Å². The molecule has 3 rings (SSSR count). The van der Waals surface area contributed by atoms with E-state index in [0.29, 0.717) is 16.7 Å². The molecule has 2 aromatic rings. The van der Waals surface area contributed by atoms with Crippen LogP contribution >= 0.6 is 23.1 Å². The monoisotopic (exact) mass is 334 g/mol. The van der Waals surface area contributed by atoms with Crippen LogP contribution in [0.1, 0.15) is 29.5 Å². The number of carbonyl (C=O) groups excluding carboxylic acids is 1. The van der Waals surface area contributed by atoms with Crippen molar-refractivity contribution in [2.45, 2.75) is 31.0 Å². The maximum absolute atomic E-state index is 12.5. The number of aryl methyl sites for hydroxylation is 1. The SMILES string of the molecule is Cc1cc(N)nc(SCC(=O)N2CCC[C@@H]2c2cccs2)n1. The lowest BCUT2D eigenvalue weighted by atomic mass is 10.2. The number of anilines is 1. The van der Waals surface area contributed by atoms with Crippen molar-refractivity contribution >= 4 is 34.8 Å². The summed E-state index contributed by atoms with van der Waals surface area (Å²) in [5.74, 6) is 0.940. The van der Waals surface area contributed by atoms with Gasteiger partial charge in [0.2, 0.25) is 5.91 Å². The zero-order valence-electron chi connectivity index (χ0n) is 12.4. The minimum atomic E-state index is 0.143. The maximum Gasteiger partial charge on any atom is 0.233 e. The van der Waals surface area contributed by atoms with Crippen LogP contribution in [0.5, 0.6) is 0 Å². The van der Waals surface area contributed by atoms with Crippen molar-refractivity contribution in [2.75, 3.05) is 18.0 Å². The van der Waals surface area contributed by atoms with Gasteiger partial charge in [-0.05, 0) is 31.2 Å². The first-order chi connectivity index (χ1) is 10.6. The zero-order chi connectivity index (χ0) is 15.5. The van der Waals surface area contributed by atoms with Crippen molar-refractivity contribution in [1.29, 1.82) is 0 Å². The van der Waals surface area contributed by atoms with Crippen LogP contribution in [0.4, 0.5) is 5.82 Å². The third kappa shape index (κ3) is 3.41. The van der Waals surface area contributed by atoms with Gasteiger partial charge in [0, 0.05) is 23.2 Å². The Balaban J connectivity index is 1.64. The Bertz CT molecular complexity index is 639. The number of hydrogen-bond donors (Lipinski definition) is 1. The molecule has 7 heteroatoms. The van der Waals surface area contributed by atoms with Crippen molar-refractivity contribution in [1.82, 2.24) is 14.9 Å². The van der Waals surface area contributed by atoms with Gasteiger partial charge in [-0.25, -0.2) is 9.97 Å². The lowest BCUT2D eigenvalue weighted by Gasteiger charge is -2.23. The average Bonchev–Trinajstić information content (AvgIpc) is 3.13. The minimum Gasteiger partial charge on any atom is -0.384 e. The summed E-state index contributed by atoms with van der Waals surface area (Å²) in [6, 6.07) is 6.10. The topological polar surface area (TPSA) is 72.1 Å². The summed E-state index contributed by atoms with van der Waals surface area (Å²) in [7, 11) is 0. The first-order valence-corrected chi connectivity index (χ1v) is 9.07. The first kappa shape index (κ1) is 15.3. The summed E-state index contributed by atoms with van der Waals surface area (Å²) in [6.07, 6.45) is 2.11. The molecule has 5 nitrogen and oxygen atoms in total. The molecule has 0 aliphatic carbocycles. The van der Waals surface area contributed by atoms with Gasteiger partial charge >= 0.3 is 0 Å². The third-order valence-electron chi connectivity index (χ3n) is 3.62. The van der Waals surface area contributed by atoms with Gasteiger partial charge < -0.3 is 10.6 Å². The van der Waals surface area contributed by atoms with E-state index in [1.54, 1.807) is 17.4 Å². The fraction of sp³-hybridized carbons (Fsp3) is 0.400. The highest BCUT2D eigenvalue weighted by atomic mass is 32.2. The molecule has 1 saturated heterocycles. The van der Waals surface area contributed by atoms with Crippen molar-refractivity contribution < 1.29 is 4.79 Å². The largest absolute Gasteiger partial charge is 0.384 e. The van der Waals surface area contributed by atoms with Crippen molar-refractivity contribution in [3.63, 3.8) is 0 Å². The second-order valence-corrected chi connectivity index (χ2v) is 7.19. The Kier molecular flexibility index (Phi) is 4.63. The normalized spacial score (nSPS) is 17.9. The molecular formula is C15H18N4OS2. The maximum atomic E-state index is 12.5. The van der Waals surface area contributed by atoms with Gasteiger partial charge in [0.05, 0.1) is 11.8 Å². The van der Waals surface area contributed by atoms with E-state index in [-0.39, 0.29) is 11.9 Å².